The van der Waals surface area contributed by atoms with Crippen molar-refractivity contribution in [3.05, 3.63) is 0 Å². The summed E-state index contributed by atoms with van der Waals surface area (Å²) in [6.45, 7) is 7.29. The number of phosphoric acid groups is 2. The first-order valence-corrected chi connectivity index (χ1v) is 41.2. The Morgan fingerprint density at radius 2 is 0.522 bits per heavy atom. The van der Waals surface area contributed by atoms with E-state index >= 15 is 0 Å². The van der Waals surface area contributed by atoms with Crippen molar-refractivity contribution in [3.63, 3.8) is 0 Å². The van der Waals surface area contributed by atoms with Crippen LogP contribution in [0.1, 0.15) is 381 Å². The molecule has 3 unspecified atom stereocenters. The second kappa shape index (κ2) is 66.3. The van der Waals surface area contributed by atoms with Crippen molar-refractivity contribution < 1.29 is 80.2 Å². The minimum Gasteiger partial charge on any atom is -0.462 e. The van der Waals surface area contributed by atoms with E-state index in [9.17, 15) is 43.2 Å². The zero-order valence-corrected chi connectivity index (χ0v) is 61.5. The number of aliphatic hydroxyl groups excluding tert-OH is 1. The number of hydrogen-bond donors (Lipinski definition) is 3. The van der Waals surface area contributed by atoms with Gasteiger partial charge in [0.1, 0.15) is 19.3 Å². The fourth-order valence-electron chi connectivity index (χ4n) is 11.1. The molecule has 0 aliphatic heterocycles. The van der Waals surface area contributed by atoms with Gasteiger partial charge >= 0.3 is 39.5 Å². The molecule has 0 aromatic rings. The Bertz CT molecular complexity index is 1770. The number of rotatable bonds is 73. The maximum Gasteiger partial charge on any atom is 0.472 e. The highest BCUT2D eigenvalue weighted by Crippen LogP contribution is 2.45. The van der Waals surface area contributed by atoms with Crippen LogP contribution >= 0.6 is 15.6 Å². The molecule has 3 N–H and O–H groups in total. The molecule has 0 aromatic heterocycles. The normalized spacial score (nSPS) is 14.3. The maximum atomic E-state index is 13.1. The lowest BCUT2D eigenvalue weighted by Gasteiger charge is -2.21. The Hall–Kier alpha value is -1.94. The van der Waals surface area contributed by atoms with E-state index in [-0.39, 0.29) is 25.7 Å². The molecule has 6 atom stereocenters. The van der Waals surface area contributed by atoms with E-state index in [1.807, 2.05) is 0 Å². The molecule has 0 radical (unpaired) electrons. The number of ether oxygens (including phenoxy) is 4. The van der Waals surface area contributed by atoms with Crippen LogP contribution in [0, 0.1) is 5.92 Å². The summed E-state index contributed by atoms with van der Waals surface area (Å²) in [5.41, 5.74) is 0. The third-order valence-corrected chi connectivity index (χ3v) is 19.3. The van der Waals surface area contributed by atoms with Crippen molar-refractivity contribution >= 4 is 39.5 Å². The van der Waals surface area contributed by atoms with Gasteiger partial charge in [-0.05, 0) is 31.6 Å². The lowest BCUT2D eigenvalue weighted by atomic mass is 9.99. The highest BCUT2D eigenvalue weighted by Gasteiger charge is 2.30. The summed E-state index contributed by atoms with van der Waals surface area (Å²) >= 11 is 0. The Balaban J connectivity index is 5.20. The molecule has 0 fully saturated rings. The second-order valence-corrected chi connectivity index (χ2v) is 29.5. The third-order valence-electron chi connectivity index (χ3n) is 17.4. The lowest BCUT2D eigenvalue weighted by molar-refractivity contribution is -0.161. The molecule has 546 valence electrons. The minimum atomic E-state index is -4.95. The summed E-state index contributed by atoms with van der Waals surface area (Å²) in [5.74, 6) is -1.27. The molecule has 19 heteroatoms. The summed E-state index contributed by atoms with van der Waals surface area (Å²) in [6, 6.07) is 0. The summed E-state index contributed by atoms with van der Waals surface area (Å²) in [7, 11) is -9.90. The molecule has 0 bridgehead atoms. The van der Waals surface area contributed by atoms with Crippen LogP contribution in [0.2, 0.25) is 0 Å². The molecule has 0 heterocycles. The highest BCUT2D eigenvalue weighted by atomic mass is 31.2. The van der Waals surface area contributed by atoms with Gasteiger partial charge in [-0.3, -0.25) is 37.3 Å². The minimum absolute atomic E-state index is 0.107. The number of aliphatic hydroxyl groups is 1. The smallest absolute Gasteiger partial charge is 0.462 e. The van der Waals surface area contributed by atoms with Gasteiger partial charge in [-0.25, -0.2) is 9.13 Å². The number of carbonyl (C=O) groups excluding carboxylic acids is 4. The zero-order chi connectivity index (χ0) is 67.7. The van der Waals surface area contributed by atoms with Crippen molar-refractivity contribution in [3.8, 4) is 0 Å². The van der Waals surface area contributed by atoms with Gasteiger partial charge in [0.15, 0.2) is 12.2 Å². The monoisotopic (exact) mass is 1350 g/mol. The van der Waals surface area contributed by atoms with Crippen molar-refractivity contribution in [1.82, 2.24) is 0 Å². The van der Waals surface area contributed by atoms with Crippen LogP contribution in [0.5, 0.6) is 0 Å². The number of unbranched alkanes of at least 4 members (excludes halogenated alkanes) is 44. The Morgan fingerprint density at radius 1 is 0.304 bits per heavy atom. The van der Waals surface area contributed by atoms with Crippen LogP contribution in [0.15, 0.2) is 0 Å². The van der Waals surface area contributed by atoms with Crippen LogP contribution in [-0.4, -0.2) is 96.7 Å². The number of phosphoric ester groups is 2. The molecule has 17 nitrogen and oxygen atoms in total. The largest absolute Gasteiger partial charge is 0.472 e. The molecule has 92 heavy (non-hydrogen) atoms. The van der Waals surface area contributed by atoms with E-state index in [0.29, 0.717) is 25.7 Å². The summed E-state index contributed by atoms with van der Waals surface area (Å²) in [4.78, 5) is 72.5. The molecular formula is C73H142O17P2. The highest BCUT2D eigenvalue weighted by molar-refractivity contribution is 7.47. The zero-order valence-electron chi connectivity index (χ0n) is 59.7. The molecular weight excluding hydrogens is 1210 g/mol. The number of carbonyl (C=O) groups is 4. The average molecular weight is 1350 g/mol. The number of hydrogen-bond acceptors (Lipinski definition) is 15. The molecule has 0 aliphatic carbocycles. The fraction of sp³-hybridized carbons (Fsp3) is 0.945. The second-order valence-electron chi connectivity index (χ2n) is 26.6. The van der Waals surface area contributed by atoms with Crippen molar-refractivity contribution in [2.24, 2.45) is 5.92 Å². The van der Waals surface area contributed by atoms with E-state index in [0.717, 1.165) is 109 Å². The summed E-state index contributed by atoms with van der Waals surface area (Å²) in [5, 5.41) is 10.6. The van der Waals surface area contributed by atoms with Gasteiger partial charge in [0.05, 0.1) is 26.4 Å². The maximum absolute atomic E-state index is 13.1. The number of esters is 4. The molecule has 0 rings (SSSR count). The average Bonchev–Trinajstić information content (AvgIpc) is 1.66. The molecule has 0 aliphatic rings. The van der Waals surface area contributed by atoms with Gasteiger partial charge in [-0.15, -0.1) is 0 Å². The molecule has 0 spiro atoms. The van der Waals surface area contributed by atoms with Crippen molar-refractivity contribution in [2.45, 2.75) is 400 Å². The SMILES string of the molecule is CCCCCCCCCCCCCCCCCC(=O)OC[C@H](COP(=O)(O)OC[C@@H](O)COP(=O)(O)OC[C@@H](COC(=O)CCCCCCCCC)OC(=O)CCCCCCCCCCCCCC)OC(=O)CCCCCCCCCCCCCCCCC(C)CC. The molecule has 0 amide bonds. The van der Waals surface area contributed by atoms with Gasteiger partial charge < -0.3 is 33.8 Å². The third kappa shape index (κ3) is 65.4. The van der Waals surface area contributed by atoms with E-state index in [1.165, 1.54) is 193 Å². The van der Waals surface area contributed by atoms with Crippen LogP contribution in [0.4, 0.5) is 0 Å². The first-order valence-electron chi connectivity index (χ1n) is 38.2. The van der Waals surface area contributed by atoms with Crippen LogP contribution in [-0.2, 0) is 65.4 Å². The van der Waals surface area contributed by atoms with Gasteiger partial charge in [0.2, 0.25) is 0 Å². The van der Waals surface area contributed by atoms with Gasteiger partial charge in [0, 0.05) is 25.7 Å². The van der Waals surface area contributed by atoms with Crippen LogP contribution in [0.25, 0.3) is 0 Å². The van der Waals surface area contributed by atoms with Crippen LogP contribution in [0.3, 0.4) is 0 Å². The summed E-state index contributed by atoms with van der Waals surface area (Å²) in [6.07, 6.45) is 54.1. The van der Waals surface area contributed by atoms with Gasteiger partial charge in [0.25, 0.3) is 0 Å². The van der Waals surface area contributed by atoms with Crippen LogP contribution < -0.4 is 0 Å². The Kier molecular flexibility index (Phi) is 64.9. The molecule has 0 aromatic carbocycles. The lowest BCUT2D eigenvalue weighted by Crippen LogP contribution is -2.30. The first kappa shape index (κ1) is 90.1. The van der Waals surface area contributed by atoms with E-state index < -0.39 is 97.5 Å². The van der Waals surface area contributed by atoms with E-state index in [1.54, 1.807) is 0 Å². The summed E-state index contributed by atoms with van der Waals surface area (Å²) < 4.78 is 68.3. The van der Waals surface area contributed by atoms with E-state index in [2.05, 4.69) is 34.6 Å². The molecule has 0 saturated heterocycles. The molecule has 0 saturated carbocycles. The topological polar surface area (TPSA) is 237 Å². The Morgan fingerprint density at radius 3 is 0.772 bits per heavy atom. The predicted molar refractivity (Wildman–Crippen MR) is 372 cm³/mol. The van der Waals surface area contributed by atoms with Gasteiger partial charge in [-0.1, -0.05) is 330 Å². The van der Waals surface area contributed by atoms with Gasteiger partial charge in [-0.2, -0.15) is 0 Å². The Labute approximate surface area is 562 Å². The first-order chi connectivity index (χ1) is 44.6. The van der Waals surface area contributed by atoms with Crippen molar-refractivity contribution in [2.75, 3.05) is 39.6 Å². The van der Waals surface area contributed by atoms with E-state index in [4.69, 9.17) is 37.0 Å². The standard InChI is InChI=1S/C73H142O17P2/c1-6-10-13-16-19-21-23-25-26-30-34-37-42-47-52-57-71(76)84-63-69(90-73(78)59-54-49-44-39-35-31-28-27-29-32-36-41-45-50-55-66(5)9-4)65-88-92(81,82)86-61-67(74)60-85-91(79,80)87-64-68(62-83-70(75)56-51-46-40-18-15-12-8-3)89-72(77)58-53-48-43-38-33-24-22-20-17-14-11-7-2/h66-69,74H,6-65H2,1-5H3,(H,79,80)(H,81,82)/t66?,67-,68+,69+/m0/s1. The quantitative estimate of drug-likeness (QED) is 0.0222. The van der Waals surface area contributed by atoms with Crippen molar-refractivity contribution in [1.29, 1.82) is 0 Å². The fourth-order valence-corrected chi connectivity index (χ4v) is 12.7. The predicted octanol–water partition coefficient (Wildman–Crippen LogP) is 21.3.